The minimum Gasteiger partial charge on any atom is -0.363 e. The van der Waals surface area contributed by atoms with Gasteiger partial charge in [-0.15, -0.1) is 0 Å². The van der Waals surface area contributed by atoms with E-state index in [4.69, 9.17) is 5.73 Å². The van der Waals surface area contributed by atoms with Gasteiger partial charge < -0.3 is 10.7 Å². The van der Waals surface area contributed by atoms with Crippen LogP contribution in [-0.2, 0) is 16.6 Å². The molecule has 0 saturated heterocycles. The smallest absolute Gasteiger partial charge is 0.263 e. The van der Waals surface area contributed by atoms with Crippen LogP contribution in [-0.4, -0.2) is 13.4 Å². The molecule has 0 aliphatic carbocycles. The number of H-pyrrole nitrogens is 1. The van der Waals surface area contributed by atoms with Gasteiger partial charge >= 0.3 is 0 Å². The lowest BCUT2D eigenvalue weighted by atomic mass is 10.2. The molecule has 102 valence electrons. The van der Waals surface area contributed by atoms with E-state index in [0.717, 1.165) is 10.0 Å². The average molecular weight is 344 g/mol. The van der Waals surface area contributed by atoms with E-state index in [1.165, 1.54) is 12.3 Å². The Labute approximate surface area is 120 Å². The number of anilines is 1. The first kappa shape index (κ1) is 14.1. The number of nitrogens with two attached hydrogens (primary N) is 1. The van der Waals surface area contributed by atoms with Crippen LogP contribution in [0.15, 0.2) is 39.8 Å². The summed E-state index contributed by atoms with van der Waals surface area (Å²) in [4.78, 5) is 2.99. The van der Waals surface area contributed by atoms with Gasteiger partial charge in [0.15, 0.2) is 0 Å². The molecule has 0 aliphatic heterocycles. The molecule has 0 aliphatic rings. The Kier molecular flexibility index (Phi) is 3.98. The number of halogens is 1. The van der Waals surface area contributed by atoms with Crippen LogP contribution in [0.1, 0.15) is 11.3 Å². The summed E-state index contributed by atoms with van der Waals surface area (Å²) in [5, 5.41) is 0. The monoisotopic (exact) mass is 343 g/mol. The number of aromatic nitrogens is 1. The van der Waals surface area contributed by atoms with E-state index >= 15 is 0 Å². The fourth-order valence-electron chi connectivity index (χ4n) is 1.61. The number of benzene rings is 1. The first-order valence-corrected chi connectivity index (χ1v) is 7.87. The first-order valence-electron chi connectivity index (χ1n) is 5.59. The molecule has 1 heterocycles. The molecule has 0 radical (unpaired) electrons. The normalized spacial score (nSPS) is 11.5. The first-order chi connectivity index (χ1) is 8.94. The van der Waals surface area contributed by atoms with Gasteiger partial charge in [-0.1, -0.05) is 22.0 Å². The van der Waals surface area contributed by atoms with Crippen LogP contribution in [0.3, 0.4) is 0 Å². The fourth-order valence-corrected chi connectivity index (χ4v) is 3.12. The Hall–Kier alpha value is -1.31. The van der Waals surface area contributed by atoms with Gasteiger partial charge in [-0.25, -0.2) is 8.42 Å². The third-order valence-corrected chi connectivity index (χ3v) is 4.96. The Morgan fingerprint density at radius 1 is 1.42 bits per heavy atom. The van der Waals surface area contributed by atoms with Gasteiger partial charge in [0, 0.05) is 22.9 Å². The van der Waals surface area contributed by atoms with Crippen LogP contribution in [0.5, 0.6) is 0 Å². The molecule has 2 rings (SSSR count). The fraction of sp³-hybridized carbons (Fsp3) is 0.167. The van der Waals surface area contributed by atoms with Crippen LogP contribution in [0.2, 0.25) is 0 Å². The molecule has 7 heteroatoms. The van der Waals surface area contributed by atoms with Crippen molar-refractivity contribution in [2.24, 2.45) is 5.73 Å². The highest BCUT2D eigenvalue weighted by Crippen LogP contribution is 2.25. The highest BCUT2D eigenvalue weighted by molar-refractivity contribution is 9.10. The predicted octanol–water partition coefficient (Wildman–Crippen LogP) is 2.35. The summed E-state index contributed by atoms with van der Waals surface area (Å²) >= 11 is 3.37. The SMILES string of the molecule is Cc1c(Br)cccc1NS(=O)(=O)c1c[nH]c(CN)c1. The van der Waals surface area contributed by atoms with Gasteiger partial charge in [-0.2, -0.15) is 0 Å². The lowest BCUT2D eigenvalue weighted by molar-refractivity contribution is 0.601. The molecule has 1 aromatic heterocycles. The van der Waals surface area contributed by atoms with Crippen LogP contribution < -0.4 is 10.5 Å². The van der Waals surface area contributed by atoms with Gasteiger partial charge in [0.1, 0.15) is 4.90 Å². The van der Waals surface area contributed by atoms with Crippen LogP contribution >= 0.6 is 15.9 Å². The van der Waals surface area contributed by atoms with E-state index < -0.39 is 10.0 Å². The Bertz CT molecular complexity index is 695. The average Bonchev–Trinajstić information content (AvgIpc) is 2.84. The van der Waals surface area contributed by atoms with Crippen molar-refractivity contribution in [2.45, 2.75) is 18.4 Å². The number of rotatable bonds is 4. The number of sulfonamides is 1. The molecule has 0 bridgehead atoms. The summed E-state index contributed by atoms with van der Waals surface area (Å²) in [5.74, 6) is 0. The second kappa shape index (κ2) is 5.36. The second-order valence-electron chi connectivity index (χ2n) is 4.08. The van der Waals surface area contributed by atoms with Gasteiger partial charge in [0.2, 0.25) is 0 Å². The highest BCUT2D eigenvalue weighted by Gasteiger charge is 2.17. The molecular formula is C12H14BrN3O2S. The molecule has 0 unspecified atom stereocenters. The van der Waals surface area contributed by atoms with Crippen molar-refractivity contribution < 1.29 is 8.42 Å². The van der Waals surface area contributed by atoms with Crippen LogP contribution in [0.25, 0.3) is 0 Å². The zero-order chi connectivity index (χ0) is 14.0. The molecule has 5 nitrogen and oxygen atoms in total. The summed E-state index contributed by atoms with van der Waals surface area (Å²) in [7, 11) is -3.60. The predicted molar refractivity (Wildman–Crippen MR) is 78.4 cm³/mol. The summed E-state index contributed by atoms with van der Waals surface area (Å²) in [5.41, 5.74) is 7.50. The van der Waals surface area contributed by atoms with Crippen LogP contribution in [0.4, 0.5) is 5.69 Å². The highest BCUT2D eigenvalue weighted by atomic mass is 79.9. The standard InChI is InChI=1S/C12H14BrN3O2S/c1-8-11(13)3-2-4-12(8)16-19(17,18)10-5-9(6-14)15-7-10/h2-5,7,15-16H,6,14H2,1H3. The number of nitrogens with one attached hydrogen (secondary N) is 2. The molecule has 1 aromatic carbocycles. The third kappa shape index (κ3) is 2.99. The molecular weight excluding hydrogens is 330 g/mol. The van der Waals surface area contributed by atoms with E-state index in [2.05, 4.69) is 25.6 Å². The van der Waals surface area contributed by atoms with Crippen LogP contribution in [0, 0.1) is 6.92 Å². The van der Waals surface area contributed by atoms with Crippen molar-refractivity contribution >= 4 is 31.6 Å². The quantitative estimate of drug-likeness (QED) is 0.796. The Morgan fingerprint density at radius 2 is 2.16 bits per heavy atom. The Balaban J connectivity index is 2.33. The van der Waals surface area contributed by atoms with Crippen molar-refractivity contribution in [1.82, 2.24) is 4.98 Å². The maximum Gasteiger partial charge on any atom is 0.263 e. The van der Waals surface area contributed by atoms with E-state index in [9.17, 15) is 8.42 Å². The molecule has 19 heavy (non-hydrogen) atoms. The van der Waals surface area contributed by atoms with E-state index in [-0.39, 0.29) is 11.4 Å². The van der Waals surface area contributed by atoms with Crippen molar-refractivity contribution in [3.63, 3.8) is 0 Å². The van der Waals surface area contributed by atoms with Gasteiger partial charge in [0.25, 0.3) is 10.0 Å². The largest absolute Gasteiger partial charge is 0.363 e. The lowest BCUT2D eigenvalue weighted by Crippen LogP contribution is -2.13. The van der Waals surface area contributed by atoms with E-state index in [1.807, 2.05) is 13.0 Å². The zero-order valence-corrected chi connectivity index (χ0v) is 12.7. The number of aromatic amines is 1. The molecule has 0 fully saturated rings. The summed E-state index contributed by atoms with van der Waals surface area (Å²) < 4.78 is 27.8. The van der Waals surface area contributed by atoms with Gasteiger partial charge in [-0.3, -0.25) is 4.72 Å². The van der Waals surface area contributed by atoms with Crippen molar-refractivity contribution in [1.29, 1.82) is 0 Å². The lowest BCUT2D eigenvalue weighted by Gasteiger charge is -2.10. The van der Waals surface area contributed by atoms with Crippen molar-refractivity contribution in [3.05, 3.63) is 46.2 Å². The number of hydrogen-bond donors (Lipinski definition) is 3. The summed E-state index contributed by atoms with van der Waals surface area (Å²) in [6.07, 6.45) is 1.43. The second-order valence-corrected chi connectivity index (χ2v) is 6.62. The van der Waals surface area contributed by atoms with Gasteiger partial charge in [-0.05, 0) is 30.7 Å². The zero-order valence-electron chi connectivity index (χ0n) is 10.3. The maximum atomic E-state index is 12.2. The number of hydrogen-bond acceptors (Lipinski definition) is 3. The molecule has 0 atom stereocenters. The third-order valence-electron chi connectivity index (χ3n) is 2.76. The van der Waals surface area contributed by atoms with Crippen molar-refractivity contribution in [2.75, 3.05) is 4.72 Å². The summed E-state index contributed by atoms with van der Waals surface area (Å²) in [6, 6.07) is 6.87. The minimum atomic E-state index is -3.60. The van der Waals surface area contributed by atoms with E-state index in [0.29, 0.717) is 11.4 Å². The maximum absolute atomic E-state index is 12.2. The Morgan fingerprint density at radius 3 is 2.79 bits per heavy atom. The molecule has 0 amide bonds. The minimum absolute atomic E-state index is 0.173. The van der Waals surface area contributed by atoms with Gasteiger partial charge in [0.05, 0.1) is 5.69 Å². The molecule has 4 N–H and O–H groups in total. The molecule has 0 spiro atoms. The molecule has 2 aromatic rings. The molecule has 0 saturated carbocycles. The van der Waals surface area contributed by atoms with Crippen molar-refractivity contribution in [3.8, 4) is 0 Å². The topological polar surface area (TPSA) is 88.0 Å². The summed E-state index contributed by atoms with van der Waals surface area (Å²) in [6.45, 7) is 2.11. The van der Waals surface area contributed by atoms with E-state index in [1.54, 1.807) is 12.1 Å².